The highest BCUT2D eigenvalue weighted by Crippen LogP contribution is 2.37. The molecule has 1 nitrogen and oxygen atoms in total. The number of hydrogen-bond acceptors (Lipinski definition) is 1. The molecule has 0 aliphatic rings. The molecule has 0 fully saturated rings. The topological polar surface area (TPSA) is 20.2 Å². The molecule has 0 aromatic heterocycles. The smallest absolute Gasteiger partial charge is 0.115 e. The van der Waals surface area contributed by atoms with Crippen LogP contribution in [0.15, 0.2) is 54.6 Å². The van der Waals surface area contributed by atoms with Gasteiger partial charge in [-0.1, -0.05) is 82.5 Å². The summed E-state index contributed by atoms with van der Waals surface area (Å²) in [7, 11) is 0. The van der Waals surface area contributed by atoms with Crippen molar-refractivity contribution in [3.63, 3.8) is 0 Å². The molecule has 0 saturated heterocycles. The van der Waals surface area contributed by atoms with Crippen molar-refractivity contribution in [1.82, 2.24) is 0 Å². The van der Waals surface area contributed by atoms with Crippen molar-refractivity contribution in [3.05, 3.63) is 65.7 Å². The Balaban J connectivity index is 1.82. The van der Waals surface area contributed by atoms with Crippen molar-refractivity contribution in [2.75, 3.05) is 0 Å². The maximum absolute atomic E-state index is 9.35. The van der Waals surface area contributed by atoms with E-state index in [1.807, 2.05) is 12.1 Å². The molecule has 0 amide bonds. The fourth-order valence-corrected chi connectivity index (χ4v) is 3.88. The van der Waals surface area contributed by atoms with Crippen LogP contribution in [0, 0.1) is 5.92 Å². The highest BCUT2D eigenvalue weighted by Gasteiger charge is 2.29. The molecule has 1 N–H and O–H groups in total. The zero-order valence-corrected chi connectivity index (χ0v) is 16.2. The Labute approximate surface area is 154 Å². The first-order valence-corrected chi connectivity index (χ1v) is 9.87. The van der Waals surface area contributed by atoms with Gasteiger partial charge >= 0.3 is 0 Å². The third kappa shape index (κ3) is 5.92. The zero-order valence-electron chi connectivity index (χ0n) is 16.2. The van der Waals surface area contributed by atoms with Crippen molar-refractivity contribution in [1.29, 1.82) is 0 Å². The Kier molecular flexibility index (Phi) is 7.55. The molecule has 0 heterocycles. The van der Waals surface area contributed by atoms with E-state index < -0.39 is 0 Å². The average Bonchev–Trinajstić information content (AvgIpc) is 2.62. The Morgan fingerprint density at radius 3 is 2.16 bits per heavy atom. The first-order chi connectivity index (χ1) is 12.0. The van der Waals surface area contributed by atoms with Crippen molar-refractivity contribution in [3.8, 4) is 5.75 Å². The third-order valence-electron chi connectivity index (χ3n) is 5.63. The molecule has 0 spiro atoms. The molecule has 2 aromatic rings. The summed E-state index contributed by atoms with van der Waals surface area (Å²) in [6.45, 7) is 7.14. The van der Waals surface area contributed by atoms with Gasteiger partial charge in [0, 0.05) is 0 Å². The largest absolute Gasteiger partial charge is 0.508 e. The number of hydrogen-bond donors (Lipinski definition) is 1. The summed E-state index contributed by atoms with van der Waals surface area (Å²) in [5.41, 5.74) is 3.04. The standard InChI is InChI=1S/C24H34O/c1-4-11-21(24(2,3)22-14-9-6-10-15-22)13-8-5-7-12-20-16-18-23(25)19-17-20/h6,9-10,14-19,21,25H,4-5,7-8,11-13H2,1-3H3. The molecule has 1 heteroatoms. The fourth-order valence-electron chi connectivity index (χ4n) is 3.88. The van der Waals surface area contributed by atoms with Gasteiger partial charge in [-0.05, 0) is 60.3 Å². The summed E-state index contributed by atoms with van der Waals surface area (Å²) in [5, 5.41) is 9.35. The van der Waals surface area contributed by atoms with Crippen LogP contribution in [0.3, 0.4) is 0 Å². The van der Waals surface area contributed by atoms with E-state index in [1.165, 1.54) is 49.7 Å². The van der Waals surface area contributed by atoms with Crippen LogP contribution in [-0.4, -0.2) is 5.11 Å². The van der Waals surface area contributed by atoms with Crippen molar-refractivity contribution >= 4 is 0 Å². The molecule has 0 bridgehead atoms. The van der Waals surface area contributed by atoms with Gasteiger partial charge in [0.15, 0.2) is 0 Å². The minimum absolute atomic E-state index is 0.244. The van der Waals surface area contributed by atoms with Crippen LogP contribution >= 0.6 is 0 Å². The lowest BCUT2D eigenvalue weighted by Crippen LogP contribution is -2.28. The molecular formula is C24H34O. The predicted molar refractivity (Wildman–Crippen MR) is 108 cm³/mol. The van der Waals surface area contributed by atoms with E-state index >= 15 is 0 Å². The summed E-state index contributed by atoms with van der Waals surface area (Å²) in [5.74, 6) is 1.10. The van der Waals surface area contributed by atoms with Gasteiger partial charge in [-0.3, -0.25) is 0 Å². The molecule has 136 valence electrons. The Morgan fingerprint density at radius 2 is 1.52 bits per heavy atom. The van der Waals surface area contributed by atoms with Crippen molar-refractivity contribution in [2.45, 2.75) is 71.1 Å². The number of benzene rings is 2. The van der Waals surface area contributed by atoms with Crippen LogP contribution in [0.4, 0.5) is 0 Å². The second-order valence-corrected chi connectivity index (χ2v) is 7.84. The zero-order chi connectivity index (χ0) is 18.1. The number of aryl methyl sites for hydroxylation is 1. The minimum Gasteiger partial charge on any atom is -0.508 e. The van der Waals surface area contributed by atoms with Crippen LogP contribution in [0.5, 0.6) is 5.75 Å². The number of aromatic hydroxyl groups is 1. The van der Waals surface area contributed by atoms with Crippen molar-refractivity contribution < 1.29 is 5.11 Å². The Hall–Kier alpha value is -1.76. The van der Waals surface area contributed by atoms with Crippen molar-refractivity contribution in [2.24, 2.45) is 5.92 Å². The maximum atomic E-state index is 9.35. The molecule has 0 aliphatic carbocycles. The highest BCUT2D eigenvalue weighted by molar-refractivity contribution is 5.26. The summed E-state index contributed by atoms with van der Waals surface area (Å²) >= 11 is 0. The molecule has 1 atom stereocenters. The minimum atomic E-state index is 0.244. The van der Waals surface area contributed by atoms with Gasteiger partial charge in [-0.15, -0.1) is 0 Å². The summed E-state index contributed by atoms with van der Waals surface area (Å²) in [6.07, 6.45) is 8.81. The Morgan fingerprint density at radius 1 is 0.840 bits per heavy atom. The van der Waals surface area contributed by atoms with Gasteiger partial charge < -0.3 is 5.11 Å². The number of phenolic OH excluding ortho intramolecular Hbond substituents is 1. The fraction of sp³-hybridized carbons (Fsp3) is 0.500. The lowest BCUT2D eigenvalue weighted by molar-refractivity contribution is 0.269. The van der Waals surface area contributed by atoms with Gasteiger partial charge in [-0.2, -0.15) is 0 Å². The average molecular weight is 339 g/mol. The molecule has 0 radical (unpaired) electrons. The van der Waals surface area contributed by atoms with Gasteiger partial charge in [0.25, 0.3) is 0 Å². The van der Waals surface area contributed by atoms with E-state index in [-0.39, 0.29) is 5.41 Å². The molecular weight excluding hydrogens is 304 g/mol. The van der Waals surface area contributed by atoms with Gasteiger partial charge in [0.1, 0.15) is 5.75 Å². The molecule has 0 aliphatic heterocycles. The van der Waals surface area contributed by atoms with E-state index in [2.05, 4.69) is 51.1 Å². The maximum Gasteiger partial charge on any atom is 0.115 e. The first kappa shape index (κ1) is 19.6. The normalized spacial score (nSPS) is 12.9. The number of phenols is 1. The molecule has 2 aromatic carbocycles. The molecule has 25 heavy (non-hydrogen) atoms. The van der Waals surface area contributed by atoms with Crippen LogP contribution in [-0.2, 0) is 11.8 Å². The Bertz CT molecular complexity index is 598. The molecule has 2 rings (SSSR count). The second kappa shape index (κ2) is 9.65. The van der Waals surface area contributed by atoms with Crippen LogP contribution in [0.2, 0.25) is 0 Å². The second-order valence-electron chi connectivity index (χ2n) is 7.84. The van der Waals surface area contributed by atoms with Gasteiger partial charge in [0.05, 0.1) is 0 Å². The SMILES string of the molecule is CCCC(CCCCCc1ccc(O)cc1)C(C)(C)c1ccccc1. The predicted octanol–water partition coefficient (Wildman–Crippen LogP) is 6.89. The summed E-state index contributed by atoms with van der Waals surface area (Å²) < 4.78 is 0. The highest BCUT2D eigenvalue weighted by atomic mass is 16.3. The van der Waals surface area contributed by atoms with E-state index in [4.69, 9.17) is 0 Å². The summed E-state index contributed by atoms with van der Waals surface area (Å²) in [4.78, 5) is 0. The van der Waals surface area contributed by atoms with Gasteiger partial charge in [0.2, 0.25) is 0 Å². The van der Waals surface area contributed by atoms with Gasteiger partial charge in [-0.25, -0.2) is 0 Å². The third-order valence-corrected chi connectivity index (χ3v) is 5.63. The quantitative estimate of drug-likeness (QED) is 0.468. The summed E-state index contributed by atoms with van der Waals surface area (Å²) in [6, 6.07) is 18.7. The number of unbranched alkanes of at least 4 members (excludes halogenated alkanes) is 2. The van der Waals surface area contributed by atoms with E-state index in [1.54, 1.807) is 12.1 Å². The van der Waals surface area contributed by atoms with E-state index in [0.29, 0.717) is 5.75 Å². The lowest BCUT2D eigenvalue weighted by Gasteiger charge is -2.35. The van der Waals surface area contributed by atoms with E-state index in [0.717, 1.165) is 12.3 Å². The van der Waals surface area contributed by atoms with Crippen LogP contribution in [0.25, 0.3) is 0 Å². The first-order valence-electron chi connectivity index (χ1n) is 9.87. The van der Waals surface area contributed by atoms with E-state index in [9.17, 15) is 5.11 Å². The lowest BCUT2D eigenvalue weighted by atomic mass is 9.69. The molecule has 1 unspecified atom stereocenters. The monoisotopic (exact) mass is 338 g/mol. The van der Waals surface area contributed by atoms with Crippen LogP contribution < -0.4 is 0 Å². The molecule has 0 saturated carbocycles. The van der Waals surface area contributed by atoms with Crippen LogP contribution in [0.1, 0.15) is 70.4 Å². The number of rotatable bonds is 10.